The Labute approximate surface area is 121 Å². The van der Waals surface area contributed by atoms with Gasteiger partial charge in [-0.25, -0.2) is 4.39 Å². The number of likely N-dealkylation sites (tertiary alicyclic amines) is 1. The van der Waals surface area contributed by atoms with Gasteiger partial charge in [-0.15, -0.1) is 0 Å². The van der Waals surface area contributed by atoms with Crippen LogP contribution in [0.4, 0.5) is 4.39 Å². The number of hydrogen-bond acceptors (Lipinski definition) is 3. The summed E-state index contributed by atoms with van der Waals surface area (Å²) in [5.74, 6) is -0.130. The molecule has 112 valence electrons. The van der Waals surface area contributed by atoms with Crippen LogP contribution in [-0.4, -0.2) is 43.0 Å². The van der Waals surface area contributed by atoms with Crippen molar-refractivity contribution in [1.82, 2.24) is 9.80 Å². The molecule has 0 spiro atoms. The predicted octanol–water partition coefficient (Wildman–Crippen LogP) is 2.37. The number of rotatable bonds is 4. The summed E-state index contributed by atoms with van der Waals surface area (Å²) in [6, 6.07) is 5.94. The number of nitrogens with zero attached hydrogens (tertiary/aromatic N) is 2. The molecular formula is C16H26FN3. The van der Waals surface area contributed by atoms with E-state index in [0.717, 1.165) is 37.1 Å². The zero-order valence-electron chi connectivity index (χ0n) is 12.8. The third-order valence-corrected chi connectivity index (χ3v) is 4.28. The molecule has 1 unspecified atom stereocenters. The zero-order chi connectivity index (χ0) is 14.7. The summed E-state index contributed by atoms with van der Waals surface area (Å²) in [7, 11) is 4.26. The minimum Gasteiger partial charge on any atom is -0.324 e. The Balaban J connectivity index is 1.94. The van der Waals surface area contributed by atoms with Crippen LogP contribution in [0.2, 0.25) is 0 Å². The van der Waals surface area contributed by atoms with Crippen LogP contribution in [0.5, 0.6) is 0 Å². The van der Waals surface area contributed by atoms with Crippen molar-refractivity contribution in [1.29, 1.82) is 0 Å². The molecule has 0 aromatic heterocycles. The van der Waals surface area contributed by atoms with Crippen LogP contribution in [0.3, 0.4) is 0 Å². The Bertz CT molecular complexity index is 437. The quantitative estimate of drug-likeness (QED) is 0.918. The van der Waals surface area contributed by atoms with Gasteiger partial charge >= 0.3 is 0 Å². The van der Waals surface area contributed by atoms with E-state index in [1.807, 2.05) is 19.1 Å². The Kier molecular flexibility index (Phi) is 5.13. The fourth-order valence-electron chi connectivity index (χ4n) is 2.81. The van der Waals surface area contributed by atoms with E-state index in [1.165, 1.54) is 0 Å². The van der Waals surface area contributed by atoms with Gasteiger partial charge in [-0.1, -0.05) is 12.1 Å². The summed E-state index contributed by atoms with van der Waals surface area (Å²) in [5, 5.41) is 0. The molecule has 1 aromatic carbocycles. The number of halogens is 1. The van der Waals surface area contributed by atoms with Crippen molar-refractivity contribution in [2.75, 3.05) is 27.2 Å². The molecule has 0 aliphatic carbocycles. The van der Waals surface area contributed by atoms with E-state index < -0.39 is 0 Å². The first kappa shape index (κ1) is 15.4. The van der Waals surface area contributed by atoms with Crippen LogP contribution in [0.1, 0.15) is 36.9 Å². The Hall–Kier alpha value is -0.970. The van der Waals surface area contributed by atoms with Crippen LogP contribution in [-0.2, 0) is 6.54 Å². The maximum atomic E-state index is 14.1. The van der Waals surface area contributed by atoms with E-state index in [1.54, 1.807) is 6.07 Å². The molecule has 2 rings (SSSR count). The van der Waals surface area contributed by atoms with Gasteiger partial charge in [-0.3, -0.25) is 4.90 Å². The highest BCUT2D eigenvalue weighted by molar-refractivity contribution is 5.26. The van der Waals surface area contributed by atoms with Gasteiger partial charge in [0.25, 0.3) is 0 Å². The molecule has 1 aromatic rings. The molecule has 1 aliphatic rings. The molecule has 3 nitrogen and oxygen atoms in total. The van der Waals surface area contributed by atoms with Crippen molar-refractivity contribution in [2.24, 2.45) is 5.73 Å². The summed E-state index contributed by atoms with van der Waals surface area (Å²) in [6.07, 6.45) is 2.32. The average Bonchev–Trinajstić information content (AvgIpc) is 2.41. The van der Waals surface area contributed by atoms with Crippen molar-refractivity contribution in [3.8, 4) is 0 Å². The van der Waals surface area contributed by atoms with Crippen LogP contribution in [0.25, 0.3) is 0 Å². The molecule has 0 amide bonds. The maximum Gasteiger partial charge on any atom is 0.128 e. The molecule has 1 fully saturated rings. The first-order valence-corrected chi connectivity index (χ1v) is 7.40. The van der Waals surface area contributed by atoms with E-state index >= 15 is 0 Å². The topological polar surface area (TPSA) is 32.5 Å². The molecule has 1 atom stereocenters. The smallest absolute Gasteiger partial charge is 0.128 e. The zero-order valence-corrected chi connectivity index (χ0v) is 12.8. The lowest BCUT2D eigenvalue weighted by Gasteiger charge is -2.35. The van der Waals surface area contributed by atoms with E-state index in [9.17, 15) is 4.39 Å². The Morgan fingerprint density at radius 3 is 2.50 bits per heavy atom. The lowest BCUT2D eigenvalue weighted by Crippen LogP contribution is -2.41. The second kappa shape index (κ2) is 6.66. The van der Waals surface area contributed by atoms with Gasteiger partial charge in [0.05, 0.1) is 0 Å². The van der Waals surface area contributed by atoms with Crippen molar-refractivity contribution in [3.05, 3.63) is 35.1 Å². The van der Waals surface area contributed by atoms with Gasteiger partial charge in [-0.05, 0) is 58.6 Å². The molecule has 20 heavy (non-hydrogen) atoms. The van der Waals surface area contributed by atoms with Gasteiger partial charge in [0.15, 0.2) is 0 Å². The van der Waals surface area contributed by atoms with Crippen LogP contribution in [0, 0.1) is 5.82 Å². The number of nitrogens with two attached hydrogens (primary N) is 1. The lowest BCUT2D eigenvalue weighted by atomic mass is 10.0. The minimum absolute atomic E-state index is 0.116. The largest absolute Gasteiger partial charge is 0.324 e. The van der Waals surface area contributed by atoms with Gasteiger partial charge < -0.3 is 10.6 Å². The van der Waals surface area contributed by atoms with Gasteiger partial charge in [0, 0.05) is 24.2 Å². The normalized spacial score (nSPS) is 19.5. The summed E-state index contributed by atoms with van der Waals surface area (Å²) in [5.41, 5.74) is 7.41. The molecule has 0 saturated carbocycles. The second-order valence-electron chi connectivity index (χ2n) is 6.11. The predicted molar refractivity (Wildman–Crippen MR) is 81.0 cm³/mol. The first-order chi connectivity index (χ1) is 9.47. The third-order valence-electron chi connectivity index (χ3n) is 4.28. The molecule has 0 bridgehead atoms. The fraction of sp³-hybridized carbons (Fsp3) is 0.625. The molecule has 2 N–H and O–H groups in total. The summed E-state index contributed by atoms with van der Waals surface area (Å²) < 4.78 is 14.1. The van der Waals surface area contributed by atoms with Crippen molar-refractivity contribution >= 4 is 0 Å². The highest BCUT2D eigenvalue weighted by atomic mass is 19.1. The van der Waals surface area contributed by atoms with Crippen molar-refractivity contribution < 1.29 is 4.39 Å². The van der Waals surface area contributed by atoms with Gasteiger partial charge in [0.1, 0.15) is 5.82 Å². The molecular weight excluding hydrogens is 253 g/mol. The number of hydrogen-bond donors (Lipinski definition) is 1. The van der Waals surface area contributed by atoms with E-state index in [-0.39, 0.29) is 11.9 Å². The van der Waals surface area contributed by atoms with Crippen LogP contribution >= 0.6 is 0 Å². The Morgan fingerprint density at radius 2 is 2.00 bits per heavy atom. The third kappa shape index (κ3) is 3.78. The van der Waals surface area contributed by atoms with E-state index in [0.29, 0.717) is 12.6 Å². The van der Waals surface area contributed by atoms with Crippen LogP contribution in [0.15, 0.2) is 18.2 Å². The molecule has 1 saturated heterocycles. The highest BCUT2D eigenvalue weighted by Crippen LogP contribution is 2.20. The van der Waals surface area contributed by atoms with Crippen LogP contribution < -0.4 is 5.73 Å². The molecule has 1 heterocycles. The number of benzene rings is 1. The first-order valence-electron chi connectivity index (χ1n) is 7.40. The van der Waals surface area contributed by atoms with E-state index in [2.05, 4.69) is 23.9 Å². The van der Waals surface area contributed by atoms with E-state index in [4.69, 9.17) is 5.73 Å². The summed E-state index contributed by atoms with van der Waals surface area (Å²) >= 11 is 0. The molecule has 1 aliphatic heterocycles. The maximum absolute atomic E-state index is 14.1. The monoisotopic (exact) mass is 279 g/mol. The van der Waals surface area contributed by atoms with Crippen molar-refractivity contribution in [3.63, 3.8) is 0 Å². The molecule has 0 radical (unpaired) electrons. The summed E-state index contributed by atoms with van der Waals surface area (Å²) in [6.45, 7) is 4.65. The highest BCUT2D eigenvalue weighted by Gasteiger charge is 2.21. The number of piperidine rings is 1. The standard InChI is InChI=1S/C16H26FN3/c1-12(18)13-4-5-14(16(17)10-13)11-20-8-6-15(7-9-20)19(2)3/h4-5,10,12,15H,6-9,11,18H2,1-3H3. The fourth-order valence-corrected chi connectivity index (χ4v) is 2.81. The Morgan fingerprint density at radius 1 is 1.35 bits per heavy atom. The second-order valence-corrected chi connectivity index (χ2v) is 6.11. The van der Waals surface area contributed by atoms with Gasteiger partial charge in [-0.2, -0.15) is 0 Å². The average molecular weight is 279 g/mol. The molecule has 4 heteroatoms. The minimum atomic E-state index is -0.130. The SMILES string of the molecule is CC(N)c1ccc(CN2CCC(N(C)C)CC2)c(F)c1. The lowest BCUT2D eigenvalue weighted by molar-refractivity contribution is 0.139. The summed E-state index contributed by atoms with van der Waals surface area (Å²) in [4.78, 5) is 4.62. The van der Waals surface area contributed by atoms with Crippen molar-refractivity contribution in [2.45, 2.75) is 38.4 Å². The van der Waals surface area contributed by atoms with Gasteiger partial charge in [0.2, 0.25) is 0 Å².